The number of urea groups is 1. The van der Waals surface area contributed by atoms with Crippen LogP contribution in [-0.4, -0.2) is 61.2 Å². The molecule has 3 aromatic rings. The molecule has 50 heavy (non-hydrogen) atoms. The van der Waals surface area contributed by atoms with Gasteiger partial charge in [-0.3, -0.25) is 24.8 Å². The van der Waals surface area contributed by atoms with E-state index in [0.29, 0.717) is 47.6 Å². The largest absolute Gasteiger partial charge is 0.491 e. The third-order valence-electron chi connectivity index (χ3n) is 10.2. The molecule has 11 heteroatoms. The molecule has 1 unspecified atom stereocenters. The van der Waals surface area contributed by atoms with Crippen LogP contribution in [0.3, 0.4) is 0 Å². The molecular formula is C39H50FN5O4S. The molecule has 2 N–H and O–H groups in total. The van der Waals surface area contributed by atoms with Gasteiger partial charge in [-0.2, -0.15) is 0 Å². The number of hydrogen-bond acceptors (Lipinski definition) is 6. The number of piperidine rings is 1. The van der Waals surface area contributed by atoms with Crippen LogP contribution in [0.25, 0.3) is 11.1 Å². The molecule has 2 saturated heterocycles. The van der Waals surface area contributed by atoms with Crippen molar-refractivity contribution in [2.24, 2.45) is 4.99 Å². The maximum atomic E-state index is 15.5. The summed E-state index contributed by atoms with van der Waals surface area (Å²) in [4.78, 5) is 23.3. The van der Waals surface area contributed by atoms with Crippen LogP contribution in [0.15, 0.2) is 71.7 Å². The Morgan fingerprint density at radius 2 is 1.72 bits per heavy atom. The Kier molecular flexibility index (Phi) is 10.8. The van der Waals surface area contributed by atoms with Gasteiger partial charge in [0.05, 0.1) is 23.1 Å². The number of sulfonamides is 1. The first-order valence-corrected chi connectivity index (χ1v) is 19.6. The molecular weight excluding hydrogens is 654 g/mol. The molecule has 2 amide bonds. The van der Waals surface area contributed by atoms with Crippen LogP contribution in [0.5, 0.6) is 5.75 Å². The topological polar surface area (TPSA) is 103 Å². The van der Waals surface area contributed by atoms with Gasteiger partial charge in [0.25, 0.3) is 0 Å². The molecule has 2 aliphatic heterocycles. The Labute approximate surface area is 296 Å². The molecule has 3 aromatic carbocycles. The number of amides is 2. The minimum atomic E-state index is -3.58. The first-order valence-electron chi connectivity index (χ1n) is 18.1. The Hall–Kier alpha value is -3.96. The standard InChI is InChI=1S/C39H50FN5O4S/c1-5-28(4)50(47,48)43-34-15-10-12-30(23-34)31-22-32(40)25-35(24-31)45-38(46)42-37(41-33-13-7-6-8-14-33)39(45)17-19-44(20-18-39)26-29-11-9-16-36(21-29)49-27(2)3/h9-12,15-16,21-25,27-28,33,43H,5-8,13-14,17-20,26H2,1-4H3,(H,41,42,46). The highest BCUT2D eigenvalue weighted by atomic mass is 32.2. The van der Waals surface area contributed by atoms with E-state index in [4.69, 9.17) is 9.73 Å². The zero-order valence-electron chi connectivity index (χ0n) is 29.6. The fraction of sp³-hybridized carbons (Fsp3) is 0.487. The summed E-state index contributed by atoms with van der Waals surface area (Å²) in [6.07, 6.45) is 7.29. The zero-order chi connectivity index (χ0) is 35.5. The lowest BCUT2D eigenvalue weighted by molar-refractivity contribution is 0.183. The molecule has 1 spiro atoms. The van der Waals surface area contributed by atoms with Crippen LogP contribution in [0, 0.1) is 5.82 Å². The number of ether oxygens (including phenoxy) is 1. The number of rotatable bonds is 11. The van der Waals surface area contributed by atoms with Crippen molar-refractivity contribution in [3.8, 4) is 16.9 Å². The van der Waals surface area contributed by atoms with Gasteiger partial charge in [-0.25, -0.2) is 17.6 Å². The van der Waals surface area contributed by atoms with Crippen LogP contribution < -0.4 is 19.7 Å². The molecule has 6 rings (SSSR count). The lowest BCUT2D eigenvalue weighted by Gasteiger charge is -2.44. The van der Waals surface area contributed by atoms with Crippen LogP contribution in [-0.2, 0) is 16.6 Å². The van der Waals surface area contributed by atoms with Crippen molar-refractivity contribution < 1.29 is 22.3 Å². The molecule has 9 nitrogen and oxygen atoms in total. The number of halogens is 1. The molecule has 1 atom stereocenters. The van der Waals surface area contributed by atoms with Crippen molar-refractivity contribution in [3.63, 3.8) is 0 Å². The molecule has 0 radical (unpaired) electrons. The fourth-order valence-corrected chi connectivity index (χ4v) is 8.48. The SMILES string of the molecule is CCC(C)S(=O)(=O)Nc1cccc(-c2cc(F)cc(N3C(=O)NC(=NC4CCCCC4)C34CCN(Cc3cccc(OC(C)C)c3)CC4)c2)c1. The van der Waals surface area contributed by atoms with E-state index < -0.39 is 26.6 Å². The minimum absolute atomic E-state index is 0.0926. The maximum Gasteiger partial charge on any atom is 0.328 e. The summed E-state index contributed by atoms with van der Waals surface area (Å²) in [5.41, 5.74) is 2.45. The second kappa shape index (κ2) is 15.1. The Morgan fingerprint density at radius 3 is 2.44 bits per heavy atom. The predicted molar refractivity (Wildman–Crippen MR) is 199 cm³/mol. The van der Waals surface area contributed by atoms with Crippen molar-refractivity contribution in [3.05, 3.63) is 78.1 Å². The van der Waals surface area contributed by atoms with Gasteiger partial charge in [-0.15, -0.1) is 0 Å². The van der Waals surface area contributed by atoms with Crippen molar-refractivity contribution in [1.82, 2.24) is 10.2 Å². The summed E-state index contributed by atoms with van der Waals surface area (Å²) < 4.78 is 49.7. The quantitative estimate of drug-likeness (QED) is 0.210. The second-order valence-corrected chi connectivity index (χ2v) is 16.4. The van der Waals surface area contributed by atoms with E-state index in [9.17, 15) is 13.2 Å². The van der Waals surface area contributed by atoms with E-state index >= 15 is 4.39 Å². The molecule has 268 valence electrons. The number of likely N-dealkylation sites (tertiary alicyclic amines) is 1. The minimum Gasteiger partial charge on any atom is -0.491 e. The smallest absolute Gasteiger partial charge is 0.328 e. The van der Waals surface area contributed by atoms with Gasteiger partial charge in [-0.05, 0) is 112 Å². The summed E-state index contributed by atoms with van der Waals surface area (Å²) in [5.74, 6) is 1.06. The first-order chi connectivity index (χ1) is 24.0. The molecule has 3 aliphatic rings. The van der Waals surface area contributed by atoms with E-state index in [1.165, 1.54) is 18.6 Å². The molecule has 2 heterocycles. The van der Waals surface area contributed by atoms with Crippen molar-refractivity contribution in [2.45, 2.75) is 109 Å². The van der Waals surface area contributed by atoms with E-state index in [1.54, 1.807) is 30.0 Å². The summed E-state index contributed by atoms with van der Waals surface area (Å²) in [7, 11) is -3.58. The van der Waals surface area contributed by atoms with Gasteiger partial charge in [-0.1, -0.05) is 50.5 Å². The molecule has 1 saturated carbocycles. The number of benzene rings is 3. The van der Waals surface area contributed by atoms with E-state index in [-0.39, 0.29) is 18.2 Å². The Balaban J connectivity index is 1.31. The summed E-state index contributed by atoms with van der Waals surface area (Å²) in [6, 6.07) is 19.6. The number of carbonyl (C=O) groups excluding carboxylic acids is 1. The Bertz CT molecular complexity index is 1820. The van der Waals surface area contributed by atoms with Crippen molar-refractivity contribution in [1.29, 1.82) is 0 Å². The molecule has 1 aliphatic carbocycles. The Morgan fingerprint density at radius 1 is 0.980 bits per heavy atom. The van der Waals surface area contributed by atoms with E-state index in [0.717, 1.165) is 56.6 Å². The number of nitrogens with zero attached hydrogens (tertiary/aromatic N) is 3. The van der Waals surface area contributed by atoms with E-state index in [1.807, 2.05) is 45.0 Å². The monoisotopic (exact) mass is 703 g/mol. The summed E-state index contributed by atoms with van der Waals surface area (Å²) >= 11 is 0. The molecule has 0 bridgehead atoms. The lowest BCUT2D eigenvalue weighted by Crippen LogP contribution is -2.57. The van der Waals surface area contributed by atoms with Crippen LogP contribution in [0.2, 0.25) is 0 Å². The third kappa shape index (κ3) is 7.99. The maximum absolute atomic E-state index is 15.5. The average molecular weight is 704 g/mol. The van der Waals surface area contributed by atoms with Gasteiger partial charge in [0, 0.05) is 25.3 Å². The van der Waals surface area contributed by atoms with Crippen molar-refractivity contribution in [2.75, 3.05) is 22.7 Å². The number of aliphatic imine (C=N–C) groups is 1. The number of hydrogen-bond donors (Lipinski definition) is 2. The van der Waals surface area contributed by atoms with Crippen LogP contribution in [0.4, 0.5) is 20.6 Å². The third-order valence-corrected chi connectivity index (χ3v) is 12.2. The van der Waals surface area contributed by atoms with Crippen molar-refractivity contribution >= 4 is 33.3 Å². The highest BCUT2D eigenvalue weighted by molar-refractivity contribution is 7.93. The molecule has 3 fully saturated rings. The fourth-order valence-electron chi connectivity index (χ4n) is 7.39. The second-order valence-electron chi connectivity index (χ2n) is 14.3. The number of carbonyl (C=O) groups is 1. The van der Waals surface area contributed by atoms with E-state index in [2.05, 4.69) is 27.1 Å². The number of nitrogens with one attached hydrogen (secondary N) is 2. The molecule has 0 aromatic heterocycles. The van der Waals surface area contributed by atoms with Gasteiger partial charge < -0.3 is 4.74 Å². The first kappa shape index (κ1) is 35.9. The van der Waals surface area contributed by atoms with Gasteiger partial charge in [0.15, 0.2) is 0 Å². The highest BCUT2D eigenvalue weighted by Gasteiger charge is 2.53. The van der Waals surface area contributed by atoms with Crippen LogP contribution in [0.1, 0.15) is 84.6 Å². The van der Waals surface area contributed by atoms with Gasteiger partial charge in [0.2, 0.25) is 10.0 Å². The number of anilines is 2. The normalized spacial score (nSPS) is 20.0. The average Bonchev–Trinajstić information content (AvgIpc) is 3.34. The number of amidine groups is 1. The summed E-state index contributed by atoms with van der Waals surface area (Å²) in [6.45, 7) is 9.73. The summed E-state index contributed by atoms with van der Waals surface area (Å²) in [5, 5.41) is 2.57. The van der Waals surface area contributed by atoms with Gasteiger partial charge in [0.1, 0.15) is 22.9 Å². The highest BCUT2D eigenvalue weighted by Crippen LogP contribution is 2.41. The predicted octanol–water partition coefficient (Wildman–Crippen LogP) is 8.12. The lowest BCUT2D eigenvalue weighted by atomic mass is 9.84. The zero-order valence-corrected chi connectivity index (χ0v) is 30.4. The van der Waals surface area contributed by atoms with Crippen LogP contribution >= 0.6 is 0 Å². The van der Waals surface area contributed by atoms with Gasteiger partial charge >= 0.3 is 6.03 Å².